The fourth-order valence-electron chi connectivity index (χ4n) is 4.56. The van der Waals surface area contributed by atoms with E-state index in [9.17, 15) is 18.0 Å². The Bertz CT molecular complexity index is 1450. The lowest BCUT2D eigenvalue weighted by Crippen LogP contribution is -2.45. The molecule has 1 aliphatic rings. The molecule has 1 amide bonds. The maximum absolute atomic E-state index is 12.7. The van der Waals surface area contributed by atoms with Crippen LogP contribution in [0.2, 0.25) is 0 Å². The lowest BCUT2D eigenvalue weighted by atomic mass is 10.1. The van der Waals surface area contributed by atoms with Gasteiger partial charge in [0.1, 0.15) is 5.82 Å². The number of anilines is 1. The van der Waals surface area contributed by atoms with Crippen LogP contribution in [-0.2, 0) is 11.3 Å². The third-order valence-corrected chi connectivity index (χ3v) is 7.19. The number of morpholine rings is 1. The zero-order chi connectivity index (χ0) is 29.2. The molecule has 1 fully saturated rings. The summed E-state index contributed by atoms with van der Waals surface area (Å²) in [6.45, 7) is 3.87. The lowest BCUT2D eigenvalue weighted by Gasteiger charge is -2.36. The number of halogens is 3. The first-order valence-corrected chi connectivity index (χ1v) is 14.2. The van der Waals surface area contributed by atoms with Crippen molar-refractivity contribution in [3.05, 3.63) is 78.1 Å². The molecule has 41 heavy (non-hydrogen) atoms. The van der Waals surface area contributed by atoms with E-state index in [1.807, 2.05) is 42.5 Å². The SMILES string of the molecule is CC1CN(c2cccc(-c3ccc4cnc(CNC(=O)c5cccc(SCCF)c5)cc4n3)n2)CC(C)O1.FCF. The molecule has 0 bridgehead atoms. The Hall–Kier alpha value is -3.70. The number of nitrogens with zero attached hydrogens (tertiary/aromatic N) is 4. The Kier molecular flexibility index (Phi) is 10.9. The highest BCUT2D eigenvalue weighted by molar-refractivity contribution is 7.99. The van der Waals surface area contributed by atoms with Crippen LogP contribution in [0, 0.1) is 0 Å². The Morgan fingerprint density at radius 2 is 1.73 bits per heavy atom. The van der Waals surface area contributed by atoms with Gasteiger partial charge in [0.15, 0.2) is 0 Å². The highest BCUT2D eigenvalue weighted by Crippen LogP contribution is 2.24. The van der Waals surface area contributed by atoms with Gasteiger partial charge < -0.3 is 15.0 Å². The van der Waals surface area contributed by atoms with Gasteiger partial charge in [-0.1, -0.05) is 12.1 Å². The summed E-state index contributed by atoms with van der Waals surface area (Å²) in [6.07, 6.45) is 2.07. The van der Waals surface area contributed by atoms with Gasteiger partial charge in [-0.05, 0) is 62.4 Å². The second-order valence-corrected chi connectivity index (χ2v) is 10.6. The quantitative estimate of drug-likeness (QED) is 0.248. The normalized spacial score (nSPS) is 16.7. The van der Waals surface area contributed by atoms with E-state index in [1.54, 1.807) is 24.4 Å². The molecule has 216 valence electrons. The third kappa shape index (κ3) is 8.40. The number of rotatable bonds is 8. The van der Waals surface area contributed by atoms with Crippen LogP contribution in [-0.4, -0.2) is 65.5 Å². The van der Waals surface area contributed by atoms with Crippen LogP contribution in [0.1, 0.15) is 29.9 Å². The number of hydrogen-bond acceptors (Lipinski definition) is 7. The monoisotopic (exact) mass is 583 g/mol. The van der Waals surface area contributed by atoms with Gasteiger partial charge in [-0.15, -0.1) is 11.8 Å². The predicted molar refractivity (Wildman–Crippen MR) is 156 cm³/mol. The largest absolute Gasteiger partial charge is 0.372 e. The molecule has 0 spiro atoms. The average molecular weight is 584 g/mol. The summed E-state index contributed by atoms with van der Waals surface area (Å²) in [6, 6.07) is 19.0. The zero-order valence-corrected chi connectivity index (χ0v) is 23.7. The lowest BCUT2D eigenvalue weighted by molar-refractivity contribution is -0.00545. The second-order valence-electron chi connectivity index (χ2n) is 9.46. The van der Waals surface area contributed by atoms with Gasteiger partial charge in [0.05, 0.1) is 48.0 Å². The Morgan fingerprint density at radius 1 is 1.00 bits per heavy atom. The number of pyridine rings is 3. The van der Waals surface area contributed by atoms with Crippen molar-refractivity contribution in [2.45, 2.75) is 37.5 Å². The molecule has 7 nitrogen and oxygen atoms in total. The highest BCUT2D eigenvalue weighted by atomic mass is 32.2. The molecule has 3 aromatic heterocycles. The van der Waals surface area contributed by atoms with Crippen molar-refractivity contribution in [3.63, 3.8) is 0 Å². The molecule has 2 atom stereocenters. The van der Waals surface area contributed by atoms with Gasteiger partial charge in [-0.25, -0.2) is 18.7 Å². The molecule has 5 rings (SSSR count). The molecule has 1 saturated heterocycles. The maximum Gasteiger partial charge on any atom is 0.251 e. The number of benzene rings is 1. The van der Waals surface area contributed by atoms with Crippen LogP contribution in [0.4, 0.5) is 19.0 Å². The molecule has 4 heterocycles. The number of carbonyl (C=O) groups excluding carboxylic acids is 1. The maximum atomic E-state index is 12.7. The number of nitrogens with one attached hydrogen (secondary N) is 1. The first-order valence-electron chi connectivity index (χ1n) is 13.2. The van der Waals surface area contributed by atoms with Crippen molar-refractivity contribution in [1.29, 1.82) is 0 Å². The minimum Gasteiger partial charge on any atom is -0.372 e. The van der Waals surface area contributed by atoms with Gasteiger partial charge in [-0.3, -0.25) is 14.2 Å². The van der Waals surface area contributed by atoms with E-state index in [-0.39, 0.29) is 24.7 Å². The van der Waals surface area contributed by atoms with Crippen molar-refractivity contribution < 1.29 is 22.7 Å². The second kappa shape index (κ2) is 14.8. The van der Waals surface area contributed by atoms with Crippen LogP contribution in [0.15, 0.2) is 71.8 Å². The zero-order valence-electron chi connectivity index (χ0n) is 22.9. The van der Waals surface area contributed by atoms with Crippen LogP contribution in [0.3, 0.4) is 0 Å². The summed E-state index contributed by atoms with van der Waals surface area (Å²) < 4.78 is 37.6. The van der Waals surface area contributed by atoms with Gasteiger partial charge in [0.25, 0.3) is 5.91 Å². The predicted octanol–water partition coefficient (Wildman–Crippen LogP) is 6.18. The van der Waals surface area contributed by atoms with Crippen LogP contribution in [0.25, 0.3) is 22.3 Å². The van der Waals surface area contributed by atoms with Gasteiger partial charge in [0, 0.05) is 40.9 Å². The summed E-state index contributed by atoms with van der Waals surface area (Å²) in [5.74, 6) is 1.08. The number of carbonyl (C=O) groups is 1. The minimum atomic E-state index is -1.75. The molecule has 0 radical (unpaired) electrons. The van der Waals surface area contributed by atoms with Crippen LogP contribution in [0.5, 0.6) is 0 Å². The molecule has 4 aromatic rings. The van der Waals surface area contributed by atoms with Crippen LogP contribution < -0.4 is 10.2 Å². The summed E-state index contributed by atoms with van der Waals surface area (Å²) in [5, 5.41) is 3.83. The van der Waals surface area contributed by atoms with E-state index in [1.165, 1.54) is 11.8 Å². The first-order chi connectivity index (χ1) is 19.9. The van der Waals surface area contributed by atoms with Crippen molar-refractivity contribution in [3.8, 4) is 11.4 Å². The Balaban J connectivity index is 0.00000124. The van der Waals surface area contributed by atoms with Crippen molar-refractivity contribution in [2.24, 2.45) is 0 Å². The molecule has 0 aliphatic carbocycles. The Labute approximate surface area is 241 Å². The fraction of sp³-hybridized carbons (Fsp3) is 0.333. The molecule has 2 unspecified atom stereocenters. The van der Waals surface area contributed by atoms with Crippen molar-refractivity contribution >= 4 is 34.4 Å². The van der Waals surface area contributed by atoms with E-state index in [4.69, 9.17) is 14.7 Å². The number of alkyl halides is 3. The molecule has 1 aliphatic heterocycles. The fourth-order valence-corrected chi connectivity index (χ4v) is 5.26. The molecular weight excluding hydrogens is 551 g/mol. The standard InChI is InChI=1S/C29H30FN5O2S.CH2F2/c1-19-17-35(18-20(2)37-19)28-8-4-7-25(34-28)26-10-9-22-15-31-23(14-27(22)33-26)16-32-29(36)21-5-3-6-24(13-21)38-12-11-30;2-1-3/h3-10,13-15,19-20H,11-12,16-18H2,1-2H3,(H,32,36);1H2. The van der Waals surface area contributed by atoms with Crippen molar-refractivity contribution in [1.82, 2.24) is 20.3 Å². The van der Waals surface area contributed by atoms with E-state index in [0.29, 0.717) is 17.0 Å². The van der Waals surface area contributed by atoms with E-state index >= 15 is 0 Å². The molecule has 1 aromatic carbocycles. The van der Waals surface area contributed by atoms with E-state index in [2.05, 4.69) is 29.0 Å². The van der Waals surface area contributed by atoms with Gasteiger partial charge >= 0.3 is 0 Å². The summed E-state index contributed by atoms with van der Waals surface area (Å²) in [7, 11) is 0. The Morgan fingerprint density at radius 3 is 2.49 bits per heavy atom. The summed E-state index contributed by atoms with van der Waals surface area (Å²) in [5.41, 5.74) is 3.60. The molecule has 0 saturated carbocycles. The summed E-state index contributed by atoms with van der Waals surface area (Å²) in [4.78, 5) is 30.1. The topological polar surface area (TPSA) is 80.2 Å². The molecular formula is C30H32F3N5O2S. The minimum absolute atomic E-state index is 0.151. The molecule has 1 N–H and O–H groups in total. The average Bonchev–Trinajstić information content (AvgIpc) is 2.98. The highest BCUT2D eigenvalue weighted by Gasteiger charge is 2.23. The van der Waals surface area contributed by atoms with Crippen molar-refractivity contribution in [2.75, 3.05) is 37.3 Å². The van der Waals surface area contributed by atoms with Crippen LogP contribution >= 0.6 is 11.8 Å². The van der Waals surface area contributed by atoms with E-state index < -0.39 is 13.6 Å². The summed E-state index contributed by atoms with van der Waals surface area (Å²) >= 11 is 1.39. The molecule has 11 heteroatoms. The number of thioether (sulfide) groups is 1. The number of hydrogen-bond donors (Lipinski definition) is 1. The third-order valence-electron chi connectivity index (χ3n) is 6.24. The number of amides is 1. The number of aromatic nitrogens is 3. The van der Waals surface area contributed by atoms with Gasteiger partial charge in [-0.2, -0.15) is 0 Å². The number of fused-ring (bicyclic) bond motifs is 1. The number of ether oxygens (including phenoxy) is 1. The smallest absolute Gasteiger partial charge is 0.251 e. The van der Waals surface area contributed by atoms with Gasteiger partial charge in [0.2, 0.25) is 6.93 Å². The van der Waals surface area contributed by atoms with E-state index in [0.717, 1.165) is 46.1 Å². The first kappa shape index (κ1) is 30.3.